The molecule has 0 aliphatic carbocycles. The van der Waals surface area contributed by atoms with Crippen LogP contribution in [0.1, 0.15) is 10.4 Å². The minimum Gasteiger partial charge on any atom is -0.478 e. The third-order valence-corrected chi connectivity index (χ3v) is 3.82. The Kier molecular flexibility index (Phi) is 5.89. The lowest BCUT2D eigenvalue weighted by molar-refractivity contribution is 0.0692. The minimum absolute atomic E-state index is 0.0359. The molecular formula is C11H16N2O6S. The Bertz CT molecular complexity index is 572. The molecule has 0 saturated carbocycles. The van der Waals surface area contributed by atoms with Crippen LogP contribution in [0.4, 0.5) is 5.69 Å². The minimum atomic E-state index is -3.97. The van der Waals surface area contributed by atoms with Gasteiger partial charge in [-0.2, -0.15) is 0 Å². The Hall–Kier alpha value is -1.68. The SMILES string of the molecule is Nc1ccc(S(=O)(=O)NCCOCCO)c(C(=O)O)c1. The molecule has 0 radical (unpaired) electrons. The van der Waals surface area contributed by atoms with Crippen LogP contribution >= 0.6 is 0 Å². The zero-order valence-electron chi connectivity index (χ0n) is 10.6. The second kappa shape index (κ2) is 7.20. The smallest absolute Gasteiger partial charge is 0.337 e. The van der Waals surface area contributed by atoms with Gasteiger partial charge in [0.15, 0.2) is 0 Å². The lowest BCUT2D eigenvalue weighted by Gasteiger charge is -2.10. The molecule has 8 nitrogen and oxygen atoms in total. The van der Waals surface area contributed by atoms with Crippen molar-refractivity contribution in [1.29, 1.82) is 0 Å². The normalized spacial score (nSPS) is 11.4. The molecule has 0 aromatic heterocycles. The number of nitrogen functional groups attached to an aromatic ring is 1. The number of benzene rings is 1. The average Bonchev–Trinajstić information content (AvgIpc) is 2.38. The molecule has 0 amide bonds. The number of anilines is 1. The third-order valence-electron chi connectivity index (χ3n) is 2.30. The number of aliphatic hydroxyl groups is 1. The van der Waals surface area contributed by atoms with Gasteiger partial charge in [-0.1, -0.05) is 0 Å². The van der Waals surface area contributed by atoms with Crippen LogP contribution in [0.3, 0.4) is 0 Å². The van der Waals surface area contributed by atoms with E-state index in [-0.39, 0.29) is 36.9 Å². The summed E-state index contributed by atoms with van der Waals surface area (Å²) in [6.45, 7) is -0.0270. The zero-order chi connectivity index (χ0) is 15.2. The second-order valence-electron chi connectivity index (χ2n) is 3.79. The van der Waals surface area contributed by atoms with Gasteiger partial charge in [0.2, 0.25) is 10.0 Å². The molecule has 0 aliphatic heterocycles. The van der Waals surface area contributed by atoms with E-state index in [0.717, 1.165) is 12.1 Å². The first-order valence-corrected chi connectivity index (χ1v) is 7.18. The van der Waals surface area contributed by atoms with Gasteiger partial charge < -0.3 is 20.7 Å². The molecule has 0 spiro atoms. The largest absolute Gasteiger partial charge is 0.478 e. The lowest BCUT2D eigenvalue weighted by Crippen LogP contribution is -2.29. The summed E-state index contributed by atoms with van der Waals surface area (Å²) in [6.07, 6.45) is 0. The monoisotopic (exact) mass is 304 g/mol. The van der Waals surface area contributed by atoms with Gasteiger partial charge in [0.05, 0.1) is 30.3 Å². The molecule has 0 aliphatic rings. The number of nitrogens with two attached hydrogens (primary N) is 1. The molecule has 0 bridgehead atoms. The summed E-state index contributed by atoms with van der Waals surface area (Å²) >= 11 is 0. The van der Waals surface area contributed by atoms with E-state index < -0.39 is 21.6 Å². The van der Waals surface area contributed by atoms with Crippen LogP contribution in [0.2, 0.25) is 0 Å². The number of hydrogen-bond donors (Lipinski definition) is 4. The summed E-state index contributed by atoms with van der Waals surface area (Å²) in [5, 5.41) is 17.5. The van der Waals surface area contributed by atoms with E-state index in [4.69, 9.17) is 20.7 Å². The first-order chi connectivity index (χ1) is 9.38. The molecule has 0 saturated heterocycles. The Balaban J connectivity index is 2.84. The Morgan fingerprint density at radius 1 is 1.35 bits per heavy atom. The first kappa shape index (κ1) is 16.4. The maximum Gasteiger partial charge on any atom is 0.337 e. The van der Waals surface area contributed by atoms with Crippen LogP contribution in [0.25, 0.3) is 0 Å². The molecule has 0 fully saturated rings. The van der Waals surface area contributed by atoms with Gasteiger partial charge >= 0.3 is 5.97 Å². The molecule has 1 rings (SSSR count). The van der Waals surface area contributed by atoms with Gasteiger partial charge in [-0.25, -0.2) is 17.9 Å². The van der Waals surface area contributed by atoms with Crippen LogP contribution < -0.4 is 10.5 Å². The summed E-state index contributed by atoms with van der Waals surface area (Å²) in [4.78, 5) is 10.7. The number of carboxylic acids is 1. The highest BCUT2D eigenvalue weighted by Crippen LogP contribution is 2.18. The molecular weight excluding hydrogens is 288 g/mol. The first-order valence-electron chi connectivity index (χ1n) is 5.69. The summed E-state index contributed by atoms with van der Waals surface area (Å²) in [6, 6.07) is 3.53. The number of hydrogen-bond acceptors (Lipinski definition) is 6. The van der Waals surface area contributed by atoms with Gasteiger partial charge in [-0.3, -0.25) is 0 Å². The Morgan fingerprint density at radius 3 is 2.65 bits per heavy atom. The van der Waals surface area contributed by atoms with Crippen molar-refractivity contribution in [2.75, 3.05) is 32.1 Å². The van der Waals surface area contributed by atoms with E-state index in [0.29, 0.717) is 0 Å². The van der Waals surface area contributed by atoms with Crippen LogP contribution in [-0.4, -0.2) is 51.0 Å². The highest BCUT2D eigenvalue weighted by atomic mass is 32.2. The highest BCUT2D eigenvalue weighted by molar-refractivity contribution is 7.89. The predicted molar refractivity (Wildman–Crippen MR) is 70.9 cm³/mol. The Morgan fingerprint density at radius 2 is 2.05 bits per heavy atom. The van der Waals surface area contributed by atoms with Crippen molar-refractivity contribution in [3.05, 3.63) is 23.8 Å². The van der Waals surface area contributed by atoms with E-state index in [1.807, 2.05) is 0 Å². The third kappa shape index (κ3) is 4.46. The standard InChI is InChI=1S/C11H16N2O6S/c12-8-1-2-10(9(7-8)11(15)16)20(17,18)13-3-5-19-6-4-14/h1-2,7,13-14H,3-6,12H2,(H,15,16). The zero-order valence-corrected chi connectivity index (χ0v) is 11.4. The molecule has 112 valence electrons. The summed E-state index contributed by atoms with van der Waals surface area (Å²) in [5.41, 5.74) is 5.21. The van der Waals surface area contributed by atoms with Crippen molar-refractivity contribution in [3.8, 4) is 0 Å². The highest BCUT2D eigenvalue weighted by Gasteiger charge is 2.22. The molecule has 5 N–H and O–H groups in total. The molecule has 0 unspecified atom stereocenters. The van der Waals surface area contributed by atoms with Gasteiger partial charge in [0.1, 0.15) is 0 Å². The number of ether oxygens (including phenoxy) is 1. The van der Waals surface area contributed by atoms with Crippen LogP contribution in [0.5, 0.6) is 0 Å². The number of sulfonamides is 1. The fourth-order valence-corrected chi connectivity index (χ4v) is 2.63. The molecule has 20 heavy (non-hydrogen) atoms. The van der Waals surface area contributed by atoms with E-state index in [1.54, 1.807) is 0 Å². The summed E-state index contributed by atoms with van der Waals surface area (Å²) in [7, 11) is -3.97. The van der Waals surface area contributed by atoms with Crippen LogP contribution in [-0.2, 0) is 14.8 Å². The van der Waals surface area contributed by atoms with E-state index >= 15 is 0 Å². The van der Waals surface area contributed by atoms with Crippen molar-refractivity contribution in [1.82, 2.24) is 4.72 Å². The number of carbonyl (C=O) groups is 1. The van der Waals surface area contributed by atoms with Crippen molar-refractivity contribution in [2.45, 2.75) is 4.90 Å². The Labute approximate surface area is 116 Å². The van der Waals surface area contributed by atoms with Gasteiger partial charge in [0.25, 0.3) is 0 Å². The lowest BCUT2D eigenvalue weighted by atomic mass is 10.2. The number of carboxylic acid groups (broad SMARTS) is 1. The molecule has 0 heterocycles. The van der Waals surface area contributed by atoms with E-state index in [1.165, 1.54) is 6.07 Å². The summed E-state index contributed by atoms with van der Waals surface area (Å²) in [5.74, 6) is -1.38. The van der Waals surface area contributed by atoms with Crippen LogP contribution in [0.15, 0.2) is 23.1 Å². The quantitative estimate of drug-likeness (QED) is 0.366. The number of nitrogens with one attached hydrogen (secondary N) is 1. The van der Waals surface area contributed by atoms with E-state index in [9.17, 15) is 13.2 Å². The fourth-order valence-electron chi connectivity index (χ4n) is 1.44. The number of aromatic carboxylic acids is 1. The maximum absolute atomic E-state index is 12.0. The van der Waals surface area contributed by atoms with Gasteiger partial charge in [-0.05, 0) is 18.2 Å². The number of rotatable bonds is 8. The van der Waals surface area contributed by atoms with Crippen molar-refractivity contribution >= 4 is 21.7 Å². The fraction of sp³-hybridized carbons (Fsp3) is 0.364. The van der Waals surface area contributed by atoms with Crippen LogP contribution in [0, 0.1) is 0 Å². The van der Waals surface area contributed by atoms with E-state index in [2.05, 4.69) is 4.72 Å². The van der Waals surface area contributed by atoms with Crippen molar-refractivity contribution < 1.29 is 28.2 Å². The number of aliphatic hydroxyl groups excluding tert-OH is 1. The average molecular weight is 304 g/mol. The molecule has 9 heteroatoms. The van der Waals surface area contributed by atoms with Crippen molar-refractivity contribution in [3.63, 3.8) is 0 Å². The molecule has 1 aromatic rings. The second-order valence-corrected chi connectivity index (χ2v) is 5.53. The van der Waals surface area contributed by atoms with Gasteiger partial charge in [0, 0.05) is 12.2 Å². The predicted octanol–water partition coefficient (Wildman–Crippen LogP) is -0.746. The maximum atomic E-state index is 12.0. The topological polar surface area (TPSA) is 139 Å². The summed E-state index contributed by atoms with van der Waals surface area (Å²) < 4.78 is 31.1. The molecule has 0 atom stereocenters. The molecule has 1 aromatic carbocycles. The van der Waals surface area contributed by atoms with Gasteiger partial charge in [-0.15, -0.1) is 0 Å². The van der Waals surface area contributed by atoms with Crippen molar-refractivity contribution in [2.24, 2.45) is 0 Å².